The summed E-state index contributed by atoms with van der Waals surface area (Å²) in [5.74, 6) is -0.0411. The highest BCUT2D eigenvalue weighted by atomic mass is 35.5. The molecule has 1 heterocycles. The molecule has 0 aliphatic carbocycles. The van der Waals surface area contributed by atoms with Gasteiger partial charge in [-0.1, -0.05) is 18.5 Å². The number of ether oxygens (including phenoxy) is 1. The van der Waals surface area contributed by atoms with Crippen LogP contribution in [0.4, 0.5) is 4.39 Å². The molecular formula is C10H10ClFO2. The summed E-state index contributed by atoms with van der Waals surface area (Å²) in [7, 11) is 0. The highest BCUT2D eigenvalue weighted by molar-refractivity contribution is 6.32. The van der Waals surface area contributed by atoms with Crippen molar-refractivity contribution in [2.45, 2.75) is 25.6 Å². The number of aliphatic hydroxyl groups is 1. The van der Waals surface area contributed by atoms with E-state index < -0.39 is 11.9 Å². The van der Waals surface area contributed by atoms with E-state index in [0.29, 0.717) is 17.7 Å². The molecule has 4 heteroatoms. The number of hydrogen-bond acceptors (Lipinski definition) is 2. The maximum Gasteiger partial charge on any atom is 0.144 e. The van der Waals surface area contributed by atoms with Crippen molar-refractivity contribution in [1.29, 1.82) is 0 Å². The van der Waals surface area contributed by atoms with Crippen LogP contribution in [0.1, 0.15) is 25.0 Å². The second kappa shape index (κ2) is 3.41. The molecule has 1 aliphatic rings. The minimum atomic E-state index is -0.775. The fraction of sp³-hybridized carbons (Fsp3) is 0.400. The van der Waals surface area contributed by atoms with E-state index in [9.17, 15) is 9.50 Å². The number of halogens is 2. The van der Waals surface area contributed by atoms with Gasteiger partial charge in [-0.3, -0.25) is 0 Å². The Morgan fingerprint density at radius 1 is 1.57 bits per heavy atom. The summed E-state index contributed by atoms with van der Waals surface area (Å²) in [5.41, 5.74) is 0.446. The van der Waals surface area contributed by atoms with Crippen molar-refractivity contribution in [3.8, 4) is 5.75 Å². The standard InChI is InChI=1S/C10H10ClFO2/c1-2-8-9(13)6-3-5(12)4-7(11)10(6)14-8/h3-4,8-9,13H,2H2,1H3. The first-order valence-corrected chi connectivity index (χ1v) is 4.85. The maximum absolute atomic E-state index is 13.0. The van der Waals surface area contributed by atoms with E-state index >= 15 is 0 Å². The van der Waals surface area contributed by atoms with Gasteiger partial charge in [0.1, 0.15) is 23.8 Å². The molecule has 0 bridgehead atoms. The predicted molar refractivity (Wildman–Crippen MR) is 51.1 cm³/mol. The molecule has 2 unspecified atom stereocenters. The molecule has 1 aliphatic heterocycles. The Morgan fingerprint density at radius 3 is 2.93 bits per heavy atom. The number of fused-ring (bicyclic) bond motifs is 1. The fourth-order valence-electron chi connectivity index (χ4n) is 1.65. The normalized spacial score (nSPS) is 24.6. The summed E-state index contributed by atoms with van der Waals surface area (Å²) in [4.78, 5) is 0. The summed E-state index contributed by atoms with van der Waals surface area (Å²) >= 11 is 5.79. The lowest BCUT2D eigenvalue weighted by molar-refractivity contribution is 0.0653. The molecule has 1 N–H and O–H groups in total. The van der Waals surface area contributed by atoms with Crippen molar-refractivity contribution in [2.75, 3.05) is 0 Å². The van der Waals surface area contributed by atoms with Gasteiger partial charge in [0.2, 0.25) is 0 Å². The Hall–Kier alpha value is -0.800. The molecule has 0 radical (unpaired) electrons. The summed E-state index contributed by atoms with van der Waals surface area (Å²) in [6, 6.07) is 2.45. The lowest BCUT2D eigenvalue weighted by Gasteiger charge is -2.10. The lowest BCUT2D eigenvalue weighted by atomic mass is 10.1. The summed E-state index contributed by atoms with van der Waals surface area (Å²) in [5, 5.41) is 9.96. The van der Waals surface area contributed by atoms with Crippen molar-refractivity contribution in [3.63, 3.8) is 0 Å². The molecule has 1 aromatic rings. The van der Waals surface area contributed by atoms with Crippen molar-refractivity contribution >= 4 is 11.6 Å². The highest BCUT2D eigenvalue weighted by Gasteiger charge is 2.33. The van der Waals surface area contributed by atoms with E-state index in [1.54, 1.807) is 0 Å². The van der Waals surface area contributed by atoms with Crippen LogP contribution < -0.4 is 4.74 Å². The predicted octanol–water partition coefficient (Wildman–Crippen LogP) is 2.68. The molecule has 2 nitrogen and oxygen atoms in total. The van der Waals surface area contributed by atoms with Gasteiger partial charge in [-0.15, -0.1) is 0 Å². The molecule has 14 heavy (non-hydrogen) atoms. The summed E-state index contributed by atoms with van der Waals surface area (Å²) in [6.07, 6.45) is -0.430. The maximum atomic E-state index is 13.0. The third-order valence-electron chi connectivity index (χ3n) is 2.38. The molecule has 1 aromatic carbocycles. The van der Waals surface area contributed by atoms with Gasteiger partial charge in [-0.25, -0.2) is 4.39 Å². The second-order valence-corrected chi connectivity index (χ2v) is 3.72. The Morgan fingerprint density at radius 2 is 2.29 bits per heavy atom. The summed E-state index contributed by atoms with van der Waals surface area (Å²) in [6.45, 7) is 1.89. The van der Waals surface area contributed by atoms with Gasteiger partial charge in [-0.05, 0) is 18.6 Å². The van der Waals surface area contributed by atoms with Crippen molar-refractivity contribution in [2.24, 2.45) is 0 Å². The highest BCUT2D eigenvalue weighted by Crippen LogP contribution is 2.42. The van der Waals surface area contributed by atoms with E-state index in [-0.39, 0.29) is 11.1 Å². The van der Waals surface area contributed by atoms with Gasteiger partial charge in [0.15, 0.2) is 0 Å². The van der Waals surface area contributed by atoms with Gasteiger partial charge in [0.05, 0.1) is 5.02 Å². The number of benzene rings is 1. The quantitative estimate of drug-likeness (QED) is 0.782. The fourth-order valence-corrected chi connectivity index (χ4v) is 1.90. The topological polar surface area (TPSA) is 29.5 Å². The van der Waals surface area contributed by atoms with Crippen molar-refractivity contribution in [3.05, 3.63) is 28.5 Å². The van der Waals surface area contributed by atoms with Crippen molar-refractivity contribution in [1.82, 2.24) is 0 Å². The molecule has 2 atom stereocenters. The Balaban J connectivity index is 2.48. The van der Waals surface area contributed by atoms with Gasteiger partial charge in [0.25, 0.3) is 0 Å². The molecule has 0 amide bonds. The monoisotopic (exact) mass is 216 g/mol. The zero-order chi connectivity index (χ0) is 10.3. The molecule has 0 saturated heterocycles. The summed E-state index contributed by atoms with van der Waals surface area (Å²) < 4.78 is 18.4. The Bertz CT molecular complexity index is 367. The molecule has 76 valence electrons. The number of aliphatic hydroxyl groups excluding tert-OH is 1. The minimum absolute atomic E-state index is 0.218. The third-order valence-corrected chi connectivity index (χ3v) is 2.66. The molecule has 2 rings (SSSR count). The largest absolute Gasteiger partial charge is 0.485 e. The van der Waals surface area contributed by atoms with Crippen LogP contribution in [-0.2, 0) is 0 Å². The van der Waals surface area contributed by atoms with Crippen LogP contribution >= 0.6 is 11.6 Å². The molecule has 0 aromatic heterocycles. The van der Waals surface area contributed by atoms with E-state index in [4.69, 9.17) is 16.3 Å². The second-order valence-electron chi connectivity index (χ2n) is 3.32. The number of rotatable bonds is 1. The average Bonchev–Trinajstić information content (AvgIpc) is 2.44. The van der Waals surface area contributed by atoms with Gasteiger partial charge in [-0.2, -0.15) is 0 Å². The lowest BCUT2D eigenvalue weighted by Crippen LogP contribution is -2.16. The minimum Gasteiger partial charge on any atom is -0.485 e. The van der Waals surface area contributed by atoms with Crippen molar-refractivity contribution < 1.29 is 14.2 Å². The van der Waals surface area contributed by atoms with Gasteiger partial charge in [0, 0.05) is 5.56 Å². The van der Waals surface area contributed by atoms with Crippen LogP contribution in [0, 0.1) is 5.82 Å². The van der Waals surface area contributed by atoms with E-state index in [1.165, 1.54) is 12.1 Å². The third kappa shape index (κ3) is 1.37. The average molecular weight is 217 g/mol. The van der Waals surface area contributed by atoms with Gasteiger partial charge >= 0.3 is 0 Å². The molecule has 0 spiro atoms. The Kier molecular flexibility index (Phi) is 2.37. The van der Waals surface area contributed by atoms with E-state index in [0.717, 1.165) is 0 Å². The molecule has 0 fully saturated rings. The van der Waals surface area contributed by atoms with Crippen LogP contribution in [0.2, 0.25) is 5.02 Å². The van der Waals surface area contributed by atoms with Crippen LogP contribution in [0.15, 0.2) is 12.1 Å². The van der Waals surface area contributed by atoms with Crippen LogP contribution in [0.5, 0.6) is 5.75 Å². The SMILES string of the molecule is CCC1Oc2c(Cl)cc(F)cc2C1O. The Labute approximate surface area is 86.3 Å². The zero-order valence-corrected chi connectivity index (χ0v) is 8.38. The molecule has 0 saturated carbocycles. The smallest absolute Gasteiger partial charge is 0.144 e. The number of hydrogen-bond donors (Lipinski definition) is 1. The van der Waals surface area contributed by atoms with E-state index in [1.807, 2.05) is 6.92 Å². The first-order valence-electron chi connectivity index (χ1n) is 4.47. The first-order chi connectivity index (χ1) is 6.63. The van der Waals surface area contributed by atoms with Crippen LogP contribution in [0.25, 0.3) is 0 Å². The molecular weight excluding hydrogens is 207 g/mol. The van der Waals surface area contributed by atoms with Crippen LogP contribution in [0.3, 0.4) is 0 Å². The van der Waals surface area contributed by atoms with Crippen LogP contribution in [-0.4, -0.2) is 11.2 Å². The first kappa shape index (κ1) is 9.74. The van der Waals surface area contributed by atoms with Gasteiger partial charge < -0.3 is 9.84 Å². The zero-order valence-electron chi connectivity index (χ0n) is 7.63. The van der Waals surface area contributed by atoms with E-state index in [2.05, 4.69) is 0 Å².